The lowest BCUT2D eigenvalue weighted by Gasteiger charge is -2.38. The van der Waals surface area contributed by atoms with Crippen LogP contribution in [0.3, 0.4) is 0 Å². The third-order valence-electron chi connectivity index (χ3n) is 2.99. The van der Waals surface area contributed by atoms with Gasteiger partial charge >= 0.3 is 0 Å². The summed E-state index contributed by atoms with van der Waals surface area (Å²) in [5.41, 5.74) is 6.37. The highest BCUT2D eigenvalue weighted by Crippen LogP contribution is 2.38. The van der Waals surface area contributed by atoms with Crippen molar-refractivity contribution in [2.75, 3.05) is 13.2 Å². The Morgan fingerprint density at radius 2 is 2.35 bits per heavy atom. The Balaban J connectivity index is 2.23. The Kier molecular flexibility index (Phi) is 3.35. The van der Waals surface area contributed by atoms with Crippen molar-refractivity contribution in [1.82, 2.24) is 0 Å². The quantitative estimate of drug-likeness (QED) is 0.881. The molecule has 2 atom stereocenters. The van der Waals surface area contributed by atoms with Gasteiger partial charge in [-0.25, -0.2) is 4.39 Å². The molecular formula is C13H18FNO2. The lowest BCUT2D eigenvalue weighted by molar-refractivity contribution is -0.0303. The average molecular weight is 239 g/mol. The highest BCUT2D eigenvalue weighted by Gasteiger charge is 2.36. The summed E-state index contributed by atoms with van der Waals surface area (Å²) in [4.78, 5) is 0. The van der Waals surface area contributed by atoms with Crippen molar-refractivity contribution in [3.05, 3.63) is 29.6 Å². The van der Waals surface area contributed by atoms with Crippen LogP contribution in [0.15, 0.2) is 18.2 Å². The summed E-state index contributed by atoms with van der Waals surface area (Å²) in [5, 5.41) is 0. The molecule has 1 aliphatic heterocycles. The molecule has 0 fully saturated rings. The lowest BCUT2D eigenvalue weighted by atomic mass is 9.89. The van der Waals surface area contributed by atoms with Crippen molar-refractivity contribution < 1.29 is 13.9 Å². The first-order chi connectivity index (χ1) is 8.04. The van der Waals surface area contributed by atoms with Crippen LogP contribution in [0.4, 0.5) is 4.39 Å². The van der Waals surface area contributed by atoms with Crippen molar-refractivity contribution in [1.29, 1.82) is 0 Å². The van der Waals surface area contributed by atoms with Gasteiger partial charge < -0.3 is 15.2 Å². The SMILES string of the molecule is CCOCC1(C)CC(N)c2cc(F)ccc2O1. The maximum Gasteiger partial charge on any atom is 0.131 e. The van der Waals surface area contributed by atoms with Gasteiger partial charge in [-0.3, -0.25) is 0 Å². The van der Waals surface area contributed by atoms with Crippen LogP contribution in [0, 0.1) is 5.82 Å². The second-order valence-electron chi connectivity index (χ2n) is 4.68. The second-order valence-corrected chi connectivity index (χ2v) is 4.68. The van der Waals surface area contributed by atoms with Crippen LogP contribution in [0.5, 0.6) is 5.75 Å². The summed E-state index contributed by atoms with van der Waals surface area (Å²) in [6.45, 7) is 5.04. The topological polar surface area (TPSA) is 44.5 Å². The van der Waals surface area contributed by atoms with E-state index >= 15 is 0 Å². The maximum atomic E-state index is 13.1. The van der Waals surface area contributed by atoms with E-state index in [9.17, 15) is 4.39 Å². The van der Waals surface area contributed by atoms with Crippen LogP contribution in [-0.4, -0.2) is 18.8 Å². The first-order valence-corrected chi connectivity index (χ1v) is 5.86. The number of nitrogens with two attached hydrogens (primary N) is 1. The number of benzene rings is 1. The van der Waals surface area contributed by atoms with E-state index in [-0.39, 0.29) is 11.9 Å². The van der Waals surface area contributed by atoms with E-state index in [1.165, 1.54) is 12.1 Å². The number of fused-ring (bicyclic) bond motifs is 1. The first kappa shape index (κ1) is 12.3. The van der Waals surface area contributed by atoms with Crippen molar-refractivity contribution >= 4 is 0 Å². The average Bonchev–Trinajstić information content (AvgIpc) is 2.28. The molecule has 94 valence electrons. The number of hydrogen-bond acceptors (Lipinski definition) is 3. The molecule has 0 saturated heterocycles. The van der Waals surface area contributed by atoms with Crippen LogP contribution in [0.2, 0.25) is 0 Å². The van der Waals surface area contributed by atoms with Gasteiger partial charge in [0.05, 0.1) is 6.61 Å². The van der Waals surface area contributed by atoms with Gasteiger partial charge in [0.15, 0.2) is 0 Å². The van der Waals surface area contributed by atoms with E-state index in [1.807, 2.05) is 13.8 Å². The second kappa shape index (κ2) is 4.63. The third-order valence-corrected chi connectivity index (χ3v) is 2.99. The fourth-order valence-corrected chi connectivity index (χ4v) is 2.19. The fourth-order valence-electron chi connectivity index (χ4n) is 2.19. The van der Waals surface area contributed by atoms with E-state index in [2.05, 4.69) is 0 Å². The monoisotopic (exact) mass is 239 g/mol. The van der Waals surface area contributed by atoms with Crippen LogP contribution in [0.25, 0.3) is 0 Å². The van der Waals surface area contributed by atoms with Gasteiger partial charge in [0.1, 0.15) is 17.2 Å². The zero-order valence-electron chi connectivity index (χ0n) is 10.2. The summed E-state index contributed by atoms with van der Waals surface area (Å²) in [5.74, 6) is 0.378. The Morgan fingerprint density at radius 3 is 3.06 bits per heavy atom. The molecule has 0 radical (unpaired) electrons. The van der Waals surface area contributed by atoms with Crippen LogP contribution < -0.4 is 10.5 Å². The van der Waals surface area contributed by atoms with Crippen molar-refractivity contribution in [3.8, 4) is 5.75 Å². The molecule has 0 aliphatic carbocycles. The van der Waals surface area contributed by atoms with Crippen LogP contribution >= 0.6 is 0 Å². The van der Waals surface area contributed by atoms with Gasteiger partial charge in [0, 0.05) is 24.6 Å². The minimum atomic E-state index is -0.430. The number of ether oxygens (including phenoxy) is 2. The highest BCUT2D eigenvalue weighted by atomic mass is 19.1. The third kappa shape index (κ3) is 2.58. The molecule has 1 heterocycles. The number of halogens is 1. The van der Waals surface area contributed by atoms with Crippen LogP contribution in [-0.2, 0) is 4.74 Å². The predicted octanol–water partition coefficient (Wildman–Crippen LogP) is 2.40. The zero-order valence-corrected chi connectivity index (χ0v) is 10.2. The normalized spacial score (nSPS) is 27.4. The molecule has 2 unspecified atom stereocenters. The van der Waals surface area contributed by atoms with Crippen molar-refractivity contribution in [2.24, 2.45) is 5.73 Å². The van der Waals surface area contributed by atoms with E-state index in [1.54, 1.807) is 6.07 Å². The van der Waals surface area contributed by atoms with E-state index in [4.69, 9.17) is 15.2 Å². The molecule has 0 bridgehead atoms. The molecule has 4 heteroatoms. The Morgan fingerprint density at radius 1 is 1.59 bits per heavy atom. The summed E-state index contributed by atoms with van der Waals surface area (Å²) >= 11 is 0. The smallest absolute Gasteiger partial charge is 0.131 e. The summed E-state index contributed by atoms with van der Waals surface area (Å²) in [6, 6.07) is 4.26. The predicted molar refractivity (Wildman–Crippen MR) is 63.5 cm³/mol. The van der Waals surface area contributed by atoms with Crippen molar-refractivity contribution in [3.63, 3.8) is 0 Å². The number of rotatable bonds is 3. The molecule has 0 amide bonds. The molecule has 17 heavy (non-hydrogen) atoms. The van der Waals surface area contributed by atoms with Gasteiger partial charge in [0.2, 0.25) is 0 Å². The molecule has 2 N–H and O–H groups in total. The van der Waals surface area contributed by atoms with Crippen molar-refractivity contribution in [2.45, 2.75) is 31.9 Å². The Bertz CT molecular complexity index is 410. The molecule has 1 aromatic carbocycles. The minimum Gasteiger partial charge on any atom is -0.485 e. The number of hydrogen-bond donors (Lipinski definition) is 1. The zero-order chi connectivity index (χ0) is 12.5. The molecule has 0 spiro atoms. The largest absolute Gasteiger partial charge is 0.485 e. The van der Waals surface area contributed by atoms with Gasteiger partial charge in [-0.15, -0.1) is 0 Å². The highest BCUT2D eigenvalue weighted by molar-refractivity contribution is 5.39. The lowest BCUT2D eigenvalue weighted by Crippen LogP contribution is -2.44. The minimum absolute atomic E-state index is 0.208. The Labute approximate surface area is 101 Å². The van der Waals surface area contributed by atoms with Gasteiger partial charge in [-0.1, -0.05) is 0 Å². The molecule has 2 rings (SSSR count). The van der Waals surface area contributed by atoms with E-state index < -0.39 is 5.60 Å². The Hall–Kier alpha value is -1.13. The summed E-state index contributed by atoms with van der Waals surface area (Å²) < 4.78 is 24.4. The molecular weight excluding hydrogens is 221 g/mol. The first-order valence-electron chi connectivity index (χ1n) is 5.86. The summed E-state index contributed by atoms with van der Waals surface area (Å²) in [7, 11) is 0. The standard InChI is InChI=1S/C13H18FNO2/c1-3-16-8-13(2)7-11(15)10-6-9(14)4-5-12(10)17-13/h4-6,11H,3,7-8,15H2,1-2H3. The van der Waals surface area contributed by atoms with E-state index in [0.717, 1.165) is 5.56 Å². The van der Waals surface area contributed by atoms with Gasteiger partial charge in [0.25, 0.3) is 0 Å². The van der Waals surface area contributed by atoms with Gasteiger partial charge in [-0.05, 0) is 32.0 Å². The molecule has 0 aromatic heterocycles. The van der Waals surface area contributed by atoms with Gasteiger partial charge in [-0.2, -0.15) is 0 Å². The molecule has 3 nitrogen and oxygen atoms in total. The molecule has 1 aromatic rings. The van der Waals surface area contributed by atoms with Crippen LogP contribution in [0.1, 0.15) is 31.9 Å². The molecule has 1 aliphatic rings. The maximum absolute atomic E-state index is 13.1. The molecule has 0 saturated carbocycles. The fraction of sp³-hybridized carbons (Fsp3) is 0.538. The van der Waals surface area contributed by atoms with E-state index in [0.29, 0.717) is 25.4 Å². The summed E-state index contributed by atoms with van der Waals surface area (Å²) in [6.07, 6.45) is 0.628.